The zero-order valence-electron chi connectivity index (χ0n) is 11.4. The number of rotatable bonds is 7. The van der Waals surface area contributed by atoms with Crippen LogP contribution >= 0.6 is 0 Å². The number of carbonyl (C=O) groups is 1. The fraction of sp³-hybridized carbons (Fsp3) is 0.571. The standard InChI is InChI=1S/C14H20N2O3/c1-10-3-7-15-12(11(10)13(17)18)16-9-14(4-5-14)6-8-19-2/h3,7H,4-6,8-9H2,1-2H3,(H,15,16)(H,17,18). The summed E-state index contributed by atoms with van der Waals surface area (Å²) in [6, 6.07) is 1.71. The van der Waals surface area contributed by atoms with Crippen LogP contribution in [-0.4, -0.2) is 36.3 Å². The van der Waals surface area contributed by atoms with Crippen molar-refractivity contribution < 1.29 is 14.6 Å². The molecule has 0 atom stereocenters. The minimum absolute atomic E-state index is 0.261. The van der Waals surface area contributed by atoms with Crippen LogP contribution < -0.4 is 5.32 Å². The molecule has 0 bridgehead atoms. The van der Waals surface area contributed by atoms with E-state index in [9.17, 15) is 9.90 Å². The second-order valence-corrected chi connectivity index (χ2v) is 5.25. The van der Waals surface area contributed by atoms with Crippen molar-refractivity contribution in [3.05, 3.63) is 23.4 Å². The third kappa shape index (κ3) is 3.23. The number of aromatic nitrogens is 1. The van der Waals surface area contributed by atoms with Gasteiger partial charge in [-0.25, -0.2) is 9.78 Å². The maximum atomic E-state index is 11.3. The molecule has 0 saturated heterocycles. The summed E-state index contributed by atoms with van der Waals surface area (Å²) in [5.41, 5.74) is 1.26. The van der Waals surface area contributed by atoms with Gasteiger partial charge in [0, 0.05) is 26.5 Å². The Kier molecular flexibility index (Phi) is 4.04. The molecule has 2 N–H and O–H groups in total. The summed E-state index contributed by atoms with van der Waals surface area (Å²) in [6.45, 7) is 3.29. The van der Waals surface area contributed by atoms with E-state index in [2.05, 4.69) is 10.3 Å². The fourth-order valence-corrected chi connectivity index (χ4v) is 2.24. The Balaban J connectivity index is 2.04. The molecule has 1 heterocycles. The number of carboxylic acids is 1. The zero-order valence-corrected chi connectivity index (χ0v) is 11.4. The zero-order chi connectivity index (χ0) is 13.9. The number of aryl methyl sites for hydroxylation is 1. The Morgan fingerprint density at radius 1 is 1.58 bits per heavy atom. The van der Waals surface area contributed by atoms with Crippen LogP contribution in [0.1, 0.15) is 35.2 Å². The molecule has 5 nitrogen and oxygen atoms in total. The summed E-state index contributed by atoms with van der Waals surface area (Å²) in [4.78, 5) is 15.4. The summed E-state index contributed by atoms with van der Waals surface area (Å²) in [7, 11) is 1.70. The van der Waals surface area contributed by atoms with Gasteiger partial charge < -0.3 is 15.2 Å². The van der Waals surface area contributed by atoms with E-state index in [0.717, 1.165) is 38.0 Å². The second-order valence-electron chi connectivity index (χ2n) is 5.25. The first-order valence-corrected chi connectivity index (χ1v) is 6.50. The Morgan fingerprint density at radius 2 is 2.32 bits per heavy atom. The average Bonchev–Trinajstić information content (AvgIpc) is 3.14. The van der Waals surface area contributed by atoms with Crippen LogP contribution in [0.15, 0.2) is 12.3 Å². The van der Waals surface area contributed by atoms with Gasteiger partial charge in [0.1, 0.15) is 11.4 Å². The SMILES string of the molecule is COCCC1(CNc2nccc(C)c2C(=O)O)CC1. The number of carboxylic acid groups (broad SMARTS) is 1. The molecule has 1 aromatic rings. The van der Waals surface area contributed by atoms with E-state index in [4.69, 9.17) is 4.74 Å². The van der Waals surface area contributed by atoms with Crippen LogP contribution in [0.2, 0.25) is 0 Å². The highest BCUT2D eigenvalue weighted by Crippen LogP contribution is 2.48. The largest absolute Gasteiger partial charge is 0.478 e. The van der Waals surface area contributed by atoms with E-state index in [-0.39, 0.29) is 11.0 Å². The van der Waals surface area contributed by atoms with Gasteiger partial charge in [-0.3, -0.25) is 0 Å². The number of nitrogens with one attached hydrogen (secondary N) is 1. The number of anilines is 1. The number of hydrogen-bond acceptors (Lipinski definition) is 4. The van der Waals surface area contributed by atoms with E-state index in [1.54, 1.807) is 26.3 Å². The lowest BCUT2D eigenvalue weighted by atomic mass is 10.0. The van der Waals surface area contributed by atoms with Crippen molar-refractivity contribution >= 4 is 11.8 Å². The minimum Gasteiger partial charge on any atom is -0.478 e. The predicted octanol–water partition coefficient (Wildman–Crippen LogP) is 2.32. The molecule has 0 unspecified atom stereocenters. The molecule has 0 amide bonds. The molecule has 0 aliphatic heterocycles. The third-order valence-electron chi connectivity index (χ3n) is 3.80. The molecular formula is C14H20N2O3. The molecule has 1 aromatic heterocycles. The normalized spacial score (nSPS) is 16.1. The summed E-state index contributed by atoms with van der Waals surface area (Å²) >= 11 is 0. The molecule has 2 rings (SSSR count). The maximum Gasteiger partial charge on any atom is 0.339 e. The van der Waals surface area contributed by atoms with Gasteiger partial charge in [0.05, 0.1) is 0 Å². The second kappa shape index (κ2) is 5.57. The van der Waals surface area contributed by atoms with Crippen molar-refractivity contribution in [1.82, 2.24) is 4.98 Å². The van der Waals surface area contributed by atoms with Crippen molar-refractivity contribution in [1.29, 1.82) is 0 Å². The molecule has 0 aromatic carbocycles. The molecule has 1 fully saturated rings. The van der Waals surface area contributed by atoms with Crippen molar-refractivity contribution in [3.63, 3.8) is 0 Å². The van der Waals surface area contributed by atoms with Gasteiger partial charge in [0.25, 0.3) is 0 Å². The van der Waals surface area contributed by atoms with E-state index >= 15 is 0 Å². The summed E-state index contributed by atoms with van der Waals surface area (Å²) in [6.07, 6.45) is 4.97. The number of aromatic carboxylic acids is 1. The summed E-state index contributed by atoms with van der Waals surface area (Å²) in [5.74, 6) is -0.467. The first-order valence-electron chi connectivity index (χ1n) is 6.50. The number of nitrogens with zero attached hydrogens (tertiary/aromatic N) is 1. The quantitative estimate of drug-likeness (QED) is 0.790. The van der Waals surface area contributed by atoms with Gasteiger partial charge in [0.2, 0.25) is 0 Å². The number of hydrogen-bond donors (Lipinski definition) is 2. The van der Waals surface area contributed by atoms with Gasteiger partial charge in [-0.1, -0.05) is 0 Å². The highest BCUT2D eigenvalue weighted by molar-refractivity contribution is 5.94. The Bertz CT molecular complexity index is 470. The van der Waals surface area contributed by atoms with E-state index < -0.39 is 5.97 Å². The molecule has 19 heavy (non-hydrogen) atoms. The third-order valence-corrected chi connectivity index (χ3v) is 3.80. The van der Waals surface area contributed by atoms with Crippen LogP contribution in [0.4, 0.5) is 5.82 Å². The number of methoxy groups -OCH3 is 1. The molecule has 104 valence electrons. The predicted molar refractivity (Wildman–Crippen MR) is 72.6 cm³/mol. The molecule has 0 spiro atoms. The Hall–Kier alpha value is -1.62. The summed E-state index contributed by atoms with van der Waals surface area (Å²) < 4.78 is 5.11. The molecule has 0 radical (unpaired) electrons. The lowest BCUT2D eigenvalue weighted by Crippen LogP contribution is -2.20. The molecule has 1 aliphatic carbocycles. The molecular weight excluding hydrogens is 244 g/mol. The van der Waals surface area contributed by atoms with Crippen LogP contribution in [0.5, 0.6) is 0 Å². The van der Waals surface area contributed by atoms with E-state index in [1.165, 1.54) is 0 Å². The topological polar surface area (TPSA) is 71.5 Å². The summed E-state index contributed by atoms with van der Waals surface area (Å²) in [5, 5.41) is 12.4. The molecule has 1 aliphatic rings. The van der Waals surface area contributed by atoms with Crippen LogP contribution in [0, 0.1) is 12.3 Å². The lowest BCUT2D eigenvalue weighted by molar-refractivity contribution is 0.0696. The van der Waals surface area contributed by atoms with E-state index in [0.29, 0.717) is 5.82 Å². The van der Waals surface area contributed by atoms with Crippen LogP contribution in [0.3, 0.4) is 0 Å². The number of ether oxygens (including phenoxy) is 1. The van der Waals surface area contributed by atoms with Crippen LogP contribution in [0.25, 0.3) is 0 Å². The Labute approximate surface area is 113 Å². The fourth-order valence-electron chi connectivity index (χ4n) is 2.24. The van der Waals surface area contributed by atoms with E-state index in [1.807, 2.05) is 0 Å². The number of pyridine rings is 1. The van der Waals surface area contributed by atoms with Crippen molar-refractivity contribution in [2.24, 2.45) is 5.41 Å². The monoisotopic (exact) mass is 264 g/mol. The smallest absolute Gasteiger partial charge is 0.339 e. The first kappa shape index (κ1) is 13.8. The Morgan fingerprint density at radius 3 is 2.89 bits per heavy atom. The average molecular weight is 264 g/mol. The highest BCUT2D eigenvalue weighted by Gasteiger charge is 2.41. The minimum atomic E-state index is -0.935. The van der Waals surface area contributed by atoms with Gasteiger partial charge in [0.15, 0.2) is 0 Å². The van der Waals surface area contributed by atoms with Gasteiger partial charge in [-0.2, -0.15) is 0 Å². The van der Waals surface area contributed by atoms with Crippen molar-refractivity contribution in [2.45, 2.75) is 26.2 Å². The van der Waals surface area contributed by atoms with Gasteiger partial charge in [-0.15, -0.1) is 0 Å². The lowest BCUT2D eigenvalue weighted by Gasteiger charge is -2.17. The molecule has 1 saturated carbocycles. The first-order chi connectivity index (χ1) is 9.08. The highest BCUT2D eigenvalue weighted by atomic mass is 16.5. The van der Waals surface area contributed by atoms with Gasteiger partial charge >= 0.3 is 5.97 Å². The molecule has 5 heteroatoms. The van der Waals surface area contributed by atoms with Crippen LogP contribution in [-0.2, 0) is 4.74 Å². The van der Waals surface area contributed by atoms with Crippen molar-refractivity contribution in [2.75, 3.05) is 25.6 Å². The van der Waals surface area contributed by atoms with Crippen molar-refractivity contribution in [3.8, 4) is 0 Å². The van der Waals surface area contributed by atoms with Gasteiger partial charge in [-0.05, 0) is 43.2 Å². The maximum absolute atomic E-state index is 11.3.